The molecule has 1 atom stereocenters. The van der Waals surface area contributed by atoms with Crippen molar-refractivity contribution in [2.24, 2.45) is 0 Å². The predicted molar refractivity (Wildman–Crippen MR) is 107 cm³/mol. The number of rotatable bonds is 6. The molecule has 0 spiro atoms. The molecular formula is C20H24N2O5S. The van der Waals surface area contributed by atoms with Gasteiger partial charge in [0.05, 0.1) is 43.0 Å². The number of carbonyl (C=O) groups excluding carboxylic acids is 1. The van der Waals surface area contributed by atoms with Gasteiger partial charge in [-0.05, 0) is 50.6 Å². The summed E-state index contributed by atoms with van der Waals surface area (Å²) in [5.74, 6) is 1.12. The molecule has 1 aliphatic heterocycles. The molecule has 2 aromatic rings. The zero-order valence-electron chi connectivity index (χ0n) is 16.4. The van der Waals surface area contributed by atoms with E-state index in [4.69, 9.17) is 9.47 Å². The Hall–Kier alpha value is -2.61. The second kappa shape index (κ2) is 7.79. The Morgan fingerprint density at radius 2 is 2.00 bits per heavy atom. The SMILES string of the molecule is COc1ccc(OC)c(C(=O)/C=C/c2c(C)nn([C@@H]3CCS(=O)(=O)C3)c2C)c1. The Morgan fingerprint density at radius 3 is 2.61 bits per heavy atom. The largest absolute Gasteiger partial charge is 0.497 e. The molecule has 7 nitrogen and oxygen atoms in total. The van der Waals surface area contributed by atoms with Crippen LogP contribution < -0.4 is 9.47 Å². The zero-order valence-corrected chi connectivity index (χ0v) is 17.2. The number of allylic oxidation sites excluding steroid dienone is 1. The fraction of sp³-hybridized carbons (Fsp3) is 0.400. The molecule has 2 heterocycles. The van der Waals surface area contributed by atoms with Crippen LogP contribution in [0.3, 0.4) is 0 Å². The topological polar surface area (TPSA) is 87.5 Å². The van der Waals surface area contributed by atoms with Gasteiger partial charge in [-0.3, -0.25) is 9.48 Å². The van der Waals surface area contributed by atoms with E-state index in [0.29, 0.717) is 23.5 Å². The summed E-state index contributed by atoms with van der Waals surface area (Å²) in [6.45, 7) is 3.74. The minimum Gasteiger partial charge on any atom is -0.497 e. The molecule has 1 saturated heterocycles. The van der Waals surface area contributed by atoms with Gasteiger partial charge in [-0.2, -0.15) is 5.10 Å². The number of hydrogen-bond donors (Lipinski definition) is 0. The Labute approximate surface area is 164 Å². The first-order valence-electron chi connectivity index (χ1n) is 8.96. The maximum Gasteiger partial charge on any atom is 0.189 e. The summed E-state index contributed by atoms with van der Waals surface area (Å²) in [5, 5.41) is 4.51. The van der Waals surface area contributed by atoms with Gasteiger partial charge in [0, 0.05) is 11.3 Å². The van der Waals surface area contributed by atoms with Crippen LogP contribution in [0.15, 0.2) is 24.3 Å². The maximum absolute atomic E-state index is 12.7. The van der Waals surface area contributed by atoms with E-state index in [1.165, 1.54) is 20.3 Å². The summed E-state index contributed by atoms with van der Waals surface area (Å²) in [5.41, 5.74) is 2.83. The van der Waals surface area contributed by atoms with E-state index >= 15 is 0 Å². The summed E-state index contributed by atoms with van der Waals surface area (Å²) in [7, 11) is 0.0494. The first kappa shape index (κ1) is 20.1. The van der Waals surface area contributed by atoms with Gasteiger partial charge >= 0.3 is 0 Å². The minimum absolute atomic E-state index is 0.109. The van der Waals surface area contributed by atoms with Crippen LogP contribution in [0.2, 0.25) is 0 Å². The molecule has 1 aliphatic rings. The van der Waals surface area contributed by atoms with Crippen LogP contribution in [0.4, 0.5) is 0 Å². The van der Waals surface area contributed by atoms with Gasteiger partial charge in [0.15, 0.2) is 15.6 Å². The summed E-state index contributed by atoms with van der Waals surface area (Å²) in [4.78, 5) is 12.7. The number of carbonyl (C=O) groups is 1. The highest BCUT2D eigenvalue weighted by Crippen LogP contribution is 2.28. The average molecular weight is 404 g/mol. The van der Waals surface area contributed by atoms with Crippen LogP contribution in [-0.2, 0) is 9.84 Å². The van der Waals surface area contributed by atoms with Crippen molar-refractivity contribution in [3.05, 3.63) is 46.8 Å². The third-order valence-corrected chi connectivity index (χ3v) is 6.76. The fourth-order valence-electron chi connectivity index (χ4n) is 3.50. The van der Waals surface area contributed by atoms with Crippen molar-refractivity contribution in [3.63, 3.8) is 0 Å². The van der Waals surface area contributed by atoms with Gasteiger partial charge in [0.25, 0.3) is 0 Å². The normalized spacial score (nSPS) is 18.5. The molecule has 0 radical (unpaired) electrons. The molecule has 0 amide bonds. The van der Waals surface area contributed by atoms with Crippen LogP contribution in [0.5, 0.6) is 11.5 Å². The Bertz CT molecular complexity index is 1040. The number of nitrogens with zero attached hydrogens (tertiary/aromatic N) is 2. The van der Waals surface area contributed by atoms with Crippen molar-refractivity contribution < 1.29 is 22.7 Å². The van der Waals surface area contributed by atoms with E-state index in [0.717, 1.165) is 17.0 Å². The van der Waals surface area contributed by atoms with Crippen LogP contribution >= 0.6 is 0 Å². The van der Waals surface area contributed by atoms with Crippen LogP contribution in [0.1, 0.15) is 39.8 Å². The number of sulfone groups is 1. The summed E-state index contributed by atoms with van der Waals surface area (Å²) in [6.07, 6.45) is 3.76. The lowest BCUT2D eigenvalue weighted by Crippen LogP contribution is -2.13. The van der Waals surface area contributed by atoms with E-state index in [1.807, 2.05) is 13.8 Å². The quantitative estimate of drug-likeness (QED) is 0.543. The van der Waals surface area contributed by atoms with E-state index in [1.54, 1.807) is 29.0 Å². The first-order valence-corrected chi connectivity index (χ1v) is 10.8. The number of benzene rings is 1. The number of aryl methyl sites for hydroxylation is 1. The van der Waals surface area contributed by atoms with Crippen molar-refractivity contribution in [1.29, 1.82) is 0 Å². The smallest absolute Gasteiger partial charge is 0.189 e. The van der Waals surface area contributed by atoms with E-state index in [9.17, 15) is 13.2 Å². The summed E-state index contributed by atoms with van der Waals surface area (Å²) >= 11 is 0. The van der Waals surface area contributed by atoms with Gasteiger partial charge in [-0.1, -0.05) is 0 Å². The summed E-state index contributed by atoms with van der Waals surface area (Å²) in [6, 6.07) is 4.90. The van der Waals surface area contributed by atoms with Crippen molar-refractivity contribution in [1.82, 2.24) is 9.78 Å². The first-order chi connectivity index (χ1) is 13.3. The average Bonchev–Trinajstić information content (AvgIpc) is 3.17. The minimum atomic E-state index is -3.00. The van der Waals surface area contributed by atoms with Gasteiger partial charge in [0.1, 0.15) is 11.5 Å². The molecular weight excluding hydrogens is 380 g/mol. The van der Waals surface area contributed by atoms with Crippen LogP contribution in [-0.4, -0.2) is 49.7 Å². The van der Waals surface area contributed by atoms with Gasteiger partial charge in [-0.15, -0.1) is 0 Å². The lowest BCUT2D eigenvalue weighted by Gasteiger charge is -2.11. The number of ketones is 1. The molecule has 0 unspecified atom stereocenters. The van der Waals surface area contributed by atoms with Crippen LogP contribution in [0, 0.1) is 13.8 Å². The maximum atomic E-state index is 12.7. The number of methoxy groups -OCH3 is 2. The molecule has 28 heavy (non-hydrogen) atoms. The summed E-state index contributed by atoms with van der Waals surface area (Å²) < 4.78 is 35.8. The second-order valence-electron chi connectivity index (χ2n) is 6.85. The highest BCUT2D eigenvalue weighted by Gasteiger charge is 2.31. The van der Waals surface area contributed by atoms with Gasteiger partial charge in [0.2, 0.25) is 0 Å². The van der Waals surface area contributed by atoms with E-state index in [-0.39, 0.29) is 23.3 Å². The van der Waals surface area contributed by atoms with Gasteiger partial charge in [-0.25, -0.2) is 8.42 Å². The van der Waals surface area contributed by atoms with E-state index < -0.39 is 9.84 Å². The molecule has 1 aromatic carbocycles. The Balaban J connectivity index is 1.88. The molecule has 0 N–H and O–H groups in total. The highest BCUT2D eigenvalue weighted by atomic mass is 32.2. The Kier molecular flexibility index (Phi) is 5.60. The van der Waals surface area contributed by atoms with Crippen molar-refractivity contribution in [3.8, 4) is 11.5 Å². The van der Waals surface area contributed by atoms with E-state index in [2.05, 4.69) is 5.10 Å². The molecule has 150 valence electrons. The molecule has 1 fully saturated rings. The monoisotopic (exact) mass is 404 g/mol. The standard InChI is InChI=1S/C20H24N2O5S/c1-13-17(14(2)22(21-13)15-9-10-28(24,25)12-15)6-7-19(23)18-11-16(26-3)5-8-20(18)27-4/h5-8,11,15H,9-10,12H2,1-4H3/b7-6+/t15-/m1/s1. The number of aromatic nitrogens is 2. The fourth-order valence-corrected chi connectivity index (χ4v) is 5.19. The third-order valence-electron chi connectivity index (χ3n) is 5.01. The Morgan fingerprint density at radius 1 is 1.25 bits per heavy atom. The third kappa shape index (κ3) is 3.96. The molecule has 8 heteroatoms. The zero-order chi connectivity index (χ0) is 20.5. The lowest BCUT2D eigenvalue weighted by atomic mass is 10.1. The van der Waals surface area contributed by atoms with Crippen molar-refractivity contribution in [2.75, 3.05) is 25.7 Å². The predicted octanol–water partition coefficient (Wildman–Crippen LogP) is 2.77. The molecule has 1 aromatic heterocycles. The number of hydrogen-bond acceptors (Lipinski definition) is 6. The number of ether oxygens (including phenoxy) is 2. The molecule has 3 rings (SSSR count). The second-order valence-corrected chi connectivity index (χ2v) is 9.08. The van der Waals surface area contributed by atoms with Crippen LogP contribution in [0.25, 0.3) is 6.08 Å². The lowest BCUT2D eigenvalue weighted by molar-refractivity contribution is 0.104. The molecule has 0 aliphatic carbocycles. The highest BCUT2D eigenvalue weighted by molar-refractivity contribution is 7.91. The molecule has 0 bridgehead atoms. The van der Waals surface area contributed by atoms with Crippen molar-refractivity contribution in [2.45, 2.75) is 26.3 Å². The van der Waals surface area contributed by atoms with Gasteiger partial charge < -0.3 is 9.47 Å². The molecule has 0 saturated carbocycles. The van der Waals surface area contributed by atoms with Crippen molar-refractivity contribution >= 4 is 21.7 Å².